The van der Waals surface area contributed by atoms with Crippen molar-refractivity contribution in [2.75, 3.05) is 0 Å². The van der Waals surface area contributed by atoms with Gasteiger partial charge in [0.15, 0.2) is 6.10 Å². The summed E-state index contributed by atoms with van der Waals surface area (Å²) in [6, 6.07) is 8.38. The van der Waals surface area contributed by atoms with Crippen molar-refractivity contribution < 1.29 is 23.9 Å². The van der Waals surface area contributed by atoms with E-state index in [0.717, 1.165) is 10.5 Å². The first-order valence-electron chi connectivity index (χ1n) is 10.8. The first-order valence-corrected chi connectivity index (χ1v) is 10.8. The number of nitrogens with zero attached hydrogens (tertiary/aromatic N) is 1. The van der Waals surface area contributed by atoms with E-state index in [4.69, 9.17) is 4.74 Å². The van der Waals surface area contributed by atoms with E-state index in [1.165, 1.54) is 6.92 Å². The quantitative estimate of drug-likeness (QED) is 0.392. The smallest absolute Gasteiger partial charge is 0.330 e. The van der Waals surface area contributed by atoms with E-state index >= 15 is 0 Å². The maximum absolute atomic E-state index is 13.0. The number of hydrogen-bond acceptors (Lipinski definition) is 5. The van der Waals surface area contributed by atoms with Crippen LogP contribution in [0.2, 0.25) is 0 Å². The van der Waals surface area contributed by atoms with Crippen molar-refractivity contribution in [3.8, 4) is 0 Å². The predicted octanol–water partition coefficient (Wildman–Crippen LogP) is 2.60. The molecule has 7 nitrogen and oxygen atoms in total. The van der Waals surface area contributed by atoms with Gasteiger partial charge in [-0.15, -0.1) is 0 Å². The van der Waals surface area contributed by atoms with Crippen molar-refractivity contribution in [2.45, 2.75) is 58.7 Å². The van der Waals surface area contributed by atoms with Gasteiger partial charge in [0.25, 0.3) is 5.91 Å². The molecule has 1 aliphatic heterocycles. The number of carbonyl (C=O) groups is 4. The van der Waals surface area contributed by atoms with Crippen molar-refractivity contribution in [1.82, 2.24) is 10.2 Å². The van der Waals surface area contributed by atoms with Crippen LogP contribution in [-0.4, -0.2) is 40.7 Å². The maximum atomic E-state index is 13.0. The van der Waals surface area contributed by atoms with Crippen LogP contribution < -0.4 is 5.32 Å². The molecule has 1 fully saturated rings. The second kappa shape index (κ2) is 9.90. The number of rotatable bonds is 8. The third-order valence-electron chi connectivity index (χ3n) is 5.79. The van der Waals surface area contributed by atoms with E-state index < -0.39 is 35.9 Å². The van der Waals surface area contributed by atoms with Gasteiger partial charge in [-0.1, -0.05) is 56.3 Å². The Balaban J connectivity index is 1.66. The molecule has 0 spiro atoms. The zero-order valence-electron chi connectivity index (χ0n) is 18.2. The third kappa shape index (κ3) is 5.21. The van der Waals surface area contributed by atoms with Gasteiger partial charge in [-0.3, -0.25) is 19.3 Å². The molecule has 0 radical (unpaired) electrons. The van der Waals surface area contributed by atoms with Crippen molar-refractivity contribution in [3.63, 3.8) is 0 Å². The number of ether oxygens (including phenoxy) is 1. The fourth-order valence-corrected chi connectivity index (χ4v) is 4.12. The average molecular weight is 427 g/mol. The topological polar surface area (TPSA) is 92.8 Å². The second-order valence-electron chi connectivity index (χ2n) is 8.63. The third-order valence-corrected chi connectivity index (χ3v) is 5.79. The molecule has 1 aromatic rings. The molecule has 0 unspecified atom stereocenters. The van der Waals surface area contributed by atoms with E-state index in [1.54, 1.807) is 0 Å². The Bertz CT molecular complexity index is 838. The number of likely N-dealkylation sites (tertiary alicyclic amines) is 1. The summed E-state index contributed by atoms with van der Waals surface area (Å²) in [5, 5.41) is 2.74. The molecular formula is C24H30N2O5. The molecule has 3 amide bonds. The summed E-state index contributed by atoms with van der Waals surface area (Å²) in [5.74, 6) is -2.55. The normalized spacial score (nSPS) is 22.3. The van der Waals surface area contributed by atoms with Gasteiger partial charge in [0.1, 0.15) is 6.04 Å². The lowest BCUT2D eigenvalue weighted by molar-refractivity contribution is -0.165. The fraction of sp³-hybridized carbons (Fsp3) is 0.500. The maximum Gasteiger partial charge on any atom is 0.330 e. The largest absolute Gasteiger partial charge is 0.451 e. The Kier molecular flexibility index (Phi) is 7.25. The number of esters is 1. The fourth-order valence-electron chi connectivity index (χ4n) is 4.12. The van der Waals surface area contributed by atoms with Gasteiger partial charge >= 0.3 is 5.97 Å². The van der Waals surface area contributed by atoms with Gasteiger partial charge in [0, 0.05) is 6.54 Å². The number of carbonyl (C=O) groups excluding carboxylic acids is 4. The van der Waals surface area contributed by atoms with Crippen molar-refractivity contribution >= 4 is 23.7 Å². The highest BCUT2D eigenvalue weighted by Gasteiger charge is 2.51. The van der Waals surface area contributed by atoms with Crippen molar-refractivity contribution in [1.29, 1.82) is 0 Å². The standard InChI is InChI=1S/C24H30N2O5/c1-15(2)13-20(26-22(28)18-11-7-8-12-19(18)23(26)29)24(30)31-16(3)21(27)25-14-17-9-5-4-6-10-17/h4-10,15-16,18-20H,11-14H2,1-3H3,(H,25,27)/t16-,18-,19-,20-/m1/s1. The molecule has 1 aromatic carbocycles. The predicted molar refractivity (Wildman–Crippen MR) is 114 cm³/mol. The van der Waals surface area contributed by atoms with Gasteiger partial charge in [-0.05, 0) is 37.7 Å². The first kappa shape index (κ1) is 22.7. The number of fused-ring (bicyclic) bond motifs is 1. The Morgan fingerprint density at radius 2 is 1.61 bits per heavy atom. The van der Waals surface area contributed by atoms with Crippen LogP contribution in [0.15, 0.2) is 42.5 Å². The Morgan fingerprint density at radius 1 is 1.03 bits per heavy atom. The van der Waals surface area contributed by atoms with Crippen molar-refractivity contribution in [2.24, 2.45) is 17.8 Å². The number of amides is 3. The second-order valence-corrected chi connectivity index (χ2v) is 8.63. The van der Waals surface area contributed by atoms with Crippen LogP contribution in [-0.2, 0) is 30.5 Å². The molecule has 1 N–H and O–H groups in total. The SMILES string of the molecule is CC(C)C[C@H](C(=O)O[C@H](C)C(=O)NCc1ccccc1)N1C(=O)[C@@H]2CC=CC[C@H]2C1=O. The van der Waals surface area contributed by atoms with Crippen LogP contribution in [0.3, 0.4) is 0 Å². The van der Waals surface area contributed by atoms with Crippen molar-refractivity contribution in [3.05, 3.63) is 48.0 Å². The van der Waals surface area contributed by atoms with Gasteiger partial charge in [-0.25, -0.2) is 4.79 Å². The lowest BCUT2D eigenvalue weighted by Crippen LogP contribution is -2.48. The van der Waals surface area contributed by atoms with Gasteiger partial charge in [-0.2, -0.15) is 0 Å². The number of benzene rings is 1. The first-order chi connectivity index (χ1) is 14.8. The lowest BCUT2D eigenvalue weighted by atomic mass is 9.85. The lowest BCUT2D eigenvalue weighted by Gasteiger charge is -2.27. The molecule has 1 aliphatic carbocycles. The highest BCUT2D eigenvalue weighted by atomic mass is 16.5. The van der Waals surface area contributed by atoms with E-state index in [2.05, 4.69) is 5.32 Å². The summed E-state index contributed by atoms with van der Waals surface area (Å²) in [4.78, 5) is 52.4. The summed E-state index contributed by atoms with van der Waals surface area (Å²) >= 11 is 0. The molecule has 3 rings (SSSR count). The minimum Gasteiger partial charge on any atom is -0.451 e. The molecule has 4 atom stereocenters. The minimum atomic E-state index is -1.04. The Labute approximate surface area is 182 Å². The van der Waals surface area contributed by atoms with Gasteiger partial charge < -0.3 is 10.1 Å². The molecule has 0 saturated carbocycles. The van der Waals surface area contributed by atoms with E-state index in [-0.39, 0.29) is 17.7 Å². The van der Waals surface area contributed by atoms with Crippen LogP contribution >= 0.6 is 0 Å². The molecule has 166 valence electrons. The molecule has 0 bridgehead atoms. The van der Waals surface area contributed by atoms with Crippen LogP contribution in [0, 0.1) is 17.8 Å². The highest BCUT2D eigenvalue weighted by molar-refractivity contribution is 6.08. The molecule has 1 saturated heterocycles. The summed E-state index contributed by atoms with van der Waals surface area (Å²) < 4.78 is 5.41. The van der Waals surface area contributed by atoms with E-state index in [9.17, 15) is 19.2 Å². The Hall–Kier alpha value is -2.96. The average Bonchev–Trinajstić information content (AvgIpc) is 3.01. The molecule has 2 aliphatic rings. The summed E-state index contributed by atoms with van der Waals surface area (Å²) in [7, 11) is 0. The van der Waals surface area contributed by atoms with Crippen LogP contribution in [0.5, 0.6) is 0 Å². The van der Waals surface area contributed by atoms with E-state index in [1.807, 2.05) is 56.3 Å². The van der Waals surface area contributed by atoms with E-state index in [0.29, 0.717) is 25.8 Å². The van der Waals surface area contributed by atoms with Gasteiger partial charge in [0.2, 0.25) is 11.8 Å². The zero-order valence-corrected chi connectivity index (χ0v) is 18.2. The molecule has 0 aromatic heterocycles. The Morgan fingerprint density at radius 3 is 2.16 bits per heavy atom. The van der Waals surface area contributed by atoms with Gasteiger partial charge in [0.05, 0.1) is 11.8 Å². The molecule has 1 heterocycles. The number of imide groups is 1. The van der Waals surface area contributed by atoms with Crippen LogP contribution in [0.1, 0.15) is 45.6 Å². The number of hydrogen-bond donors (Lipinski definition) is 1. The van der Waals surface area contributed by atoms with Crippen LogP contribution in [0.4, 0.5) is 0 Å². The number of nitrogens with one attached hydrogen (secondary N) is 1. The summed E-state index contributed by atoms with van der Waals surface area (Å²) in [6.45, 7) is 5.63. The monoisotopic (exact) mass is 426 g/mol. The molecule has 31 heavy (non-hydrogen) atoms. The zero-order chi connectivity index (χ0) is 22.5. The van der Waals surface area contributed by atoms with Crippen LogP contribution in [0.25, 0.3) is 0 Å². The summed E-state index contributed by atoms with van der Waals surface area (Å²) in [5.41, 5.74) is 0.927. The summed E-state index contributed by atoms with van der Waals surface area (Å²) in [6.07, 6.45) is 4.08. The molecular weight excluding hydrogens is 396 g/mol. The minimum absolute atomic E-state index is 0.0566. The highest BCUT2D eigenvalue weighted by Crippen LogP contribution is 2.37. The molecule has 7 heteroatoms. The number of allylic oxidation sites excluding steroid dienone is 2.